The van der Waals surface area contributed by atoms with Crippen LogP contribution in [0.4, 0.5) is 0 Å². The molecule has 0 unspecified atom stereocenters. The summed E-state index contributed by atoms with van der Waals surface area (Å²) in [6.45, 7) is 3.37. The van der Waals surface area contributed by atoms with Crippen LogP contribution in [0.2, 0.25) is 0 Å². The summed E-state index contributed by atoms with van der Waals surface area (Å²) >= 11 is 0. The van der Waals surface area contributed by atoms with E-state index in [0.29, 0.717) is 0 Å². The molecule has 188 valence electrons. The summed E-state index contributed by atoms with van der Waals surface area (Å²) < 4.78 is 0.728. The van der Waals surface area contributed by atoms with Gasteiger partial charge in [0.25, 0.3) is 0 Å². The van der Waals surface area contributed by atoms with Crippen molar-refractivity contribution in [3.63, 3.8) is 0 Å². The number of benzene rings is 1. The van der Waals surface area contributed by atoms with E-state index in [4.69, 9.17) is 0 Å². The molecule has 0 radical (unpaired) electrons. The van der Waals surface area contributed by atoms with Crippen LogP contribution in [0.3, 0.4) is 0 Å². The topological polar surface area (TPSA) is 20.2 Å². The van der Waals surface area contributed by atoms with Crippen molar-refractivity contribution < 1.29 is 26.6 Å². The number of hydrogen-bond donors (Lipinski definition) is 1. The zero-order valence-electron chi connectivity index (χ0n) is 21.7. The Morgan fingerprint density at radius 1 is 0.656 bits per heavy atom. The highest BCUT2D eigenvalue weighted by Crippen LogP contribution is 2.16. The fourth-order valence-electron chi connectivity index (χ4n) is 4.51. The quantitative estimate of drug-likeness (QED) is 0.135. The third kappa shape index (κ3) is 17.1. The maximum absolute atomic E-state index is 10.6. The summed E-state index contributed by atoms with van der Waals surface area (Å²) in [7, 11) is 4.36. The lowest BCUT2D eigenvalue weighted by atomic mass is 10.0. The molecule has 0 fully saturated rings. The summed E-state index contributed by atoms with van der Waals surface area (Å²) in [6, 6.07) is 10.5. The van der Waals surface area contributed by atoms with Crippen LogP contribution in [-0.2, 0) is 6.42 Å². The first-order chi connectivity index (χ1) is 15.1. The minimum absolute atomic E-state index is 0. The van der Waals surface area contributed by atoms with Gasteiger partial charge in [-0.1, -0.05) is 127 Å². The largest absolute Gasteiger partial charge is 1.00 e. The number of nitrogens with zero attached hydrogens (tertiary/aromatic N) is 1. The summed E-state index contributed by atoms with van der Waals surface area (Å²) in [4.78, 5) is 0. The number of unbranched alkanes of at least 4 members (excludes halogenated alkanes) is 15. The van der Waals surface area contributed by atoms with Crippen molar-refractivity contribution in [2.75, 3.05) is 20.6 Å². The van der Waals surface area contributed by atoms with Gasteiger partial charge < -0.3 is 26.6 Å². The Morgan fingerprint density at radius 2 is 1.06 bits per heavy atom. The Bertz CT molecular complexity index is 505. The van der Waals surface area contributed by atoms with E-state index in [1.807, 2.05) is 0 Å². The van der Waals surface area contributed by atoms with Crippen LogP contribution in [-0.4, -0.2) is 36.5 Å². The number of aliphatic hydroxyl groups is 1. The van der Waals surface area contributed by atoms with Gasteiger partial charge in [-0.2, -0.15) is 0 Å². The molecule has 0 spiro atoms. The van der Waals surface area contributed by atoms with Crippen LogP contribution in [0.25, 0.3) is 0 Å². The highest BCUT2D eigenvalue weighted by molar-refractivity contribution is 5.14. The highest BCUT2D eigenvalue weighted by Gasteiger charge is 2.24. The second kappa shape index (κ2) is 21.2. The van der Waals surface area contributed by atoms with E-state index in [0.717, 1.165) is 23.9 Å². The van der Waals surface area contributed by atoms with Crippen LogP contribution in [0.1, 0.15) is 122 Å². The number of halogens is 1. The Morgan fingerprint density at radius 3 is 1.50 bits per heavy atom. The molecule has 0 heterocycles. The van der Waals surface area contributed by atoms with Crippen molar-refractivity contribution >= 4 is 0 Å². The molecule has 3 heteroatoms. The molecule has 2 nitrogen and oxygen atoms in total. The van der Waals surface area contributed by atoms with E-state index in [-0.39, 0.29) is 23.2 Å². The second-order valence-electron chi connectivity index (χ2n) is 10.3. The van der Waals surface area contributed by atoms with Crippen molar-refractivity contribution in [3.8, 4) is 0 Å². The van der Waals surface area contributed by atoms with Gasteiger partial charge in [0.05, 0.1) is 20.6 Å². The highest BCUT2D eigenvalue weighted by atomic mass is 79.9. The molecule has 1 N–H and O–H groups in total. The first-order valence-corrected chi connectivity index (χ1v) is 13.6. The molecular formula is C29H54BrNO. The van der Waals surface area contributed by atoms with E-state index < -0.39 is 0 Å². The summed E-state index contributed by atoms with van der Waals surface area (Å²) in [5, 5.41) is 10.6. The lowest BCUT2D eigenvalue weighted by Crippen LogP contribution is -3.00. The molecule has 1 aromatic carbocycles. The molecule has 0 aliphatic carbocycles. The Balaban J connectivity index is 0.00000961. The summed E-state index contributed by atoms with van der Waals surface area (Å²) in [5.74, 6) is 0. The van der Waals surface area contributed by atoms with Crippen molar-refractivity contribution in [1.82, 2.24) is 0 Å². The number of quaternary nitrogens is 1. The van der Waals surface area contributed by atoms with E-state index in [1.54, 1.807) is 0 Å². The molecule has 1 aromatic rings. The van der Waals surface area contributed by atoms with Gasteiger partial charge in [0.15, 0.2) is 6.23 Å². The van der Waals surface area contributed by atoms with E-state index in [2.05, 4.69) is 51.4 Å². The molecule has 32 heavy (non-hydrogen) atoms. The molecule has 0 aromatic heterocycles. The average Bonchev–Trinajstić information content (AvgIpc) is 2.77. The molecule has 0 aliphatic rings. The van der Waals surface area contributed by atoms with Gasteiger partial charge in [-0.15, -0.1) is 0 Å². The molecule has 1 atom stereocenters. The molecule has 0 saturated carbocycles. The monoisotopic (exact) mass is 511 g/mol. The molecule has 0 saturated heterocycles. The van der Waals surface area contributed by atoms with Crippen molar-refractivity contribution in [3.05, 3.63) is 35.9 Å². The summed E-state index contributed by atoms with van der Waals surface area (Å²) in [5.41, 5.74) is 1.32. The maximum Gasteiger partial charge on any atom is 0.190 e. The van der Waals surface area contributed by atoms with Gasteiger partial charge in [0, 0.05) is 6.42 Å². The first kappa shape index (κ1) is 31.6. The zero-order chi connectivity index (χ0) is 22.6. The zero-order valence-corrected chi connectivity index (χ0v) is 23.3. The van der Waals surface area contributed by atoms with Crippen molar-refractivity contribution in [2.24, 2.45) is 0 Å². The van der Waals surface area contributed by atoms with Crippen LogP contribution in [0.15, 0.2) is 30.3 Å². The van der Waals surface area contributed by atoms with Crippen LogP contribution >= 0.6 is 0 Å². The first-order valence-electron chi connectivity index (χ1n) is 13.6. The van der Waals surface area contributed by atoms with E-state index in [1.165, 1.54) is 108 Å². The van der Waals surface area contributed by atoms with Crippen LogP contribution in [0, 0.1) is 0 Å². The number of aliphatic hydroxyl groups excluding tert-OH is 1. The van der Waals surface area contributed by atoms with Gasteiger partial charge in [0.2, 0.25) is 0 Å². The van der Waals surface area contributed by atoms with E-state index in [9.17, 15) is 5.11 Å². The van der Waals surface area contributed by atoms with Crippen molar-refractivity contribution in [2.45, 2.75) is 129 Å². The standard InChI is InChI=1S/C29H54NO.BrH/c1-4-5-6-7-8-9-10-11-12-13-14-15-16-17-18-22-27-30(2,3)29(31)26-25-28-23-20-19-21-24-28;/h19-21,23-24,29,31H,4-18,22,25-27H2,1-3H3;1H/q+1;/p-1/t29-;/m0./s1. The Labute approximate surface area is 211 Å². The normalized spacial score (nSPS) is 12.5. The Hall–Kier alpha value is -0.380. The molecule has 0 bridgehead atoms. The number of aryl methyl sites for hydroxylation is 1. The fourth-order valence-corrected chi connectivity index (χ4v) is 4.51. The fraction of sp³-hybridized carbons (Fsp3) is 0.793. The van der Waals surface area contributed by atoms with Gasteiger partial charge in [-0.25, -0.2) is 0 Å². The third-order valence-corrected chi connectivity index (χ3v) is 6.93. The average molecular weight is 513 g/mol. The van der Waals surface area contributed by atoms with Crippen LogP contribution < -0.4 is 17.0 Å². The molecule has 0 aliphatic heterocycles. The van der Waals surface area contributed by atoms with Crippen LogP contribution in [0.5, 0.6) is 0 Å². The minimum atomic E-state index is -0.267. The van der Waals surface area contributed by atoms with Gasteiger partial charge in [-0.05, 0) is 24.8 Å². The Kier molecular flexibility index (Phi) is 20.9. The lowest BCUT2D eigenvalue weighted by molar-refractivity contribution is -0.937. The minimum Gasteiger partial charge on any atom is -1.00 e. The smallest absolute Gasteiger partial charge is 0.190 e. The second-order valence-corrected chi connectivity index (χ2v) is 10.3. The third-order valence-electron chi connectivity index (χ3n) is 6.93. The maximum atomic E-state index is 10.6. The van der Waals surface area contributed by atoms with E-state index >= 15 is 0 Å². The van der Waals surface area contributed by atoms with Crippen molar-refractivity contribution in [1.29, 1.82) is 0 Å². The number of rotatable bonds is 21. The van der Waals surface area contributed by atoms with Gasteiger partial charge >= 0.3 is 0 Å². The predicted molar refractivity (Wildman–Crippen MR) is 137 cm³/mol. The van der Waals surface area contributed by atoms with Gasteiger partial charge in [0.1, 0.15) is 0 Å². The molecule has 1 rings (SSSR count). The lowest BCUT2D eigenvalue weighted by Gasteiger charge is -2.35. The number of hydrogen-bond acceptors (Lipinski definition) is 1. The van der Waals surface area contributed by atoms with Gasteiger partial charge in [-0.3, -0.25) is 0 Å². The SMILES string of the molecule is CCCCCCCCCCCCCCCCCC[N+](C)(C)[C@@H](O)CCc1ccccc1.[Br-]. The predicted octanol–water partition coefficient (Wildman–Crippen LogP) is 5.28. The molecular weight excluding hydrogens is 458 g/mol. The summed E-state index contributed by atoms with van der Waals surface area (Å²) in [6.07, 6.45) is 24.1. The molecule has 0 amide bonds.